The van der Waals surface area contributed by atoms with Gasteiger partial charge in [-0.3, -0.25) is 9.59 Å². The zero-order valence-electron chi connectivity index (χ0n) is 15.2. The van der Waals surface area contributed by atoms with Gasteiger partial charge in [-0.05, 0) is 48.7 Å². The first-order chi connectivity index (χ1) is 13.0. The van der Waals surface area contributed by atoms with Gasteiger partial charge in [-0.2, -0.15) is 0 Å². The highest BCUT2D eigenvalue weighted by Gasteiger charge is 2.30. The van der Waals surface area contributed by atoms with Crippen molar-refractivity contribution in [1.82, 2.24) is 9.80 Å². The summed E-state index contributed by atoms with van der Waals surface area (Å²) in [4.78, 5) is 28.9. The lowest BCUT2D eigenvalue weighted by Gasteiger charge is -2.34. The van der Waals surface area contributed by atoms with Gasteiger partial charge < -0.3 is 9.80 Å². The van der Waals surface area contributed by atoms with Crippen molar-refractivity contribution in [1.29, 1.82) is 0 Å². The molecule has 1 heterocycles. The number of carbonyl (C=O) groups excluding carboxylic acids is 2. The Balaban J connectivity index is 1.64. The van der Waals surface area contributed by atoms with Crippen molar-refractivity contribution in [2.24, 2.45) is 5.92 Å². The van der Waals surface area contributed by atoms with Gasteiger partial charge in [0.05, 0.1) is 5.92 Å². The highest BCUT2D eigenvalue weighted by Crippen LogP contribution is 2.23. The molecule has 3 rings (SSSR count). The van der Waals surface area contributed by atoms with Gasteiger partial charge in [-0.15, -0.1) is 0 Å². The average Bonchev–Trinajstić information content (AvgIpc) is 2.69. The summed E-state index contributed by atoms with van der Waals surface area (Å²) >= 11 is 6.18. The average molecular weight is 389 g/mol. The van der Waals surface area contributed by atoms with Crippen molar-refractivity contribution in [3.8, 4) is 0 Å². The van der Waals surface area contributed by atoms with Gasteiger partial charge in [-0.25, -0.2) is 4.39 Å². The van der Waals surface area contributed by atoms with E-state index in [1.165, 1.54) is 24.3 Å². The molecular formula is C21H22ClFN2O2. The van der Waals surface area contributed by atoms with Crippen LogP contribution in [0.4, 0.5) is 4.39 Å². The largest absolute Gasteiger partial charge is 0.341 e. The zero-order valence-corrected chi connectivity index (χ0v) is 16.0. The maximum absolute atomic E-state index is 13.1. The summed E-state index contributed by atoms with van der Waals surface area (Å²) in [7, 11) is 1.76. The summed E-state index contributed by atoms with van der Waals surface area (Å²) in [6.07, 6.45) is 1.52. The van der Waals surface area contributed by atoms with Crippen LogP contribution >= 0.6 is 11.6 Å². The van der Waals surface area contributed by atoms with E-state index in [-0.39, 0.29) is 23.5 Å². The fourth-order valence-electron chi connectivity index (χ4n) is 3.41. The first-order valence-corrected chi connectivity index (χ1v) is 9.36. The number of rotatable bonds is 4. The van der Waals surface area contributed by atoms with Crippen LogP contribution in [0.1, 0.15) is 28.8 Å². The van der Waals surface area contributed by atoms with Crippen molar-refractivity contribution in [3.63, 3.8) is 0 Å². The number of carbonyl (C=O) groups is 2. The van der Waals surface area contributed by atoms with Crippen LogP contribution in [0.15, 0.2) is 48.5 Å². The number of hydrogen-bond acceptors (Lipinski definition) is 2. The molecule has 2 aromatic rings. The first-order valence-electron chi connectivity index (χ1n) is 8.99. The van der Waals surface area contributed by atoms with E-state index in [0.717, 1.165) is 18.4 Å². The van der Waals surface area contributed by atoms with Crippen LogP contribution in [0, 0.1) is 11.7 Å². The summed E-state index contributed by atoms with van der Waals surface area (Å²) in [5.74, 6) is -0.775. The summed E-state index contributed by atoms with van der Waals surface area (Å²) in [5, 5.41) is 0.633. The van der Waals surface area contributed by atoms with Gasteiger partial charge >= 0.3 is 0 Å². The van der Waals surface area contributed by atoms with Gasteiger partial charge in [0.2, 0.25) is 5.91 Å². The highest BCUT2D eigenvalue weighted by atomic mass is 35.5. The van der Waals surface area contributed by atoms with E-state index in [9.17, 15) is 14.0 Å². The molecule has 0 saturated carbocycles. The molecule has 6 heteroatoms. The molecule has 1 aliphatic heterocycles. The molecule has 4 nitrogen and oxygen atoms in total. The lowest BCUT2D eigenvalue weighted by molar-refractivity contribution is -0.136. The molecule has 0 aromatic heterocycles. The van der Waals surface area contributed by atoms with Crippen LogP contribution in [-0.2, 0) is 11.3 Å². The Hall–Kier alpha value is -2.40. The minimum absolute atomic E-state index is 0.00604. The number of likely N-dealkylation sites (tertiary alicyclic amines) is 1. The Morgan fingerprint density at radius 3 is 2.59 bits per heavy atom. The van der Waals surface area contributed by atoms with E-state index in [0.29, 0.717) is 30.2 Å². The lowest BCUT2D eigenvalue weighted by atomic mass is 9.95. The van der Waals surface area contributed by atoms with Crippen LogP contribution in [0.3, 0.4) is 0 Å². The topological polar surface area (TPSA) is 40.6 Å². The molecule has 1 aliphatic rings. The number of hydrogen-bond donors (Lipinski definition) is 0. The SMILES string of the molecule is CN(Cc1ccccc1Cl)C(=O)C1CCCN(C(=O)c2ccc(F)cc2)C1. The number of halogens is 2. The molecule has 1 saturated heterocycles. The fourth-order valence-corrected chi connectivity index (χ4v) is 3.61. The Bertz CT molecular complexity index is 825. The monoisotopic (exact) mass is 388 g/mol. The second-order valence-corrected chi connectivity index (χ2v) is 7.29. The highest BCUT2D eigenvalue weighted by molar-refractivity contribution is 6.31. The van der Waals surface area contributed by atoms with Crippen LogP contribution < -0.4 is 0 Å². The molecule has 27 heavy (non-hydrogen) atoms. The molecular weight excluding hydrogens is 367 g/mol. The number of piperidine rings is 1. The molecule has 1 fully saturated rings. The predicted molar refractivity (Wildman–Crippen MR) is 103 cm³/mol. The van der Waals surface area contributed by atoms with Crippen LogP contribution in [0.5, 0.6) is 0 Å². The second kappa shape index (κ2) is 8.53. The van der Waals surface area contributed by atoms with E-state index >= 15 is 0 Å². The third-order valence-corrected chi connectivity index (χ3v) is 5.26. The molecule has 0 aliphatic carbocycles. The van der Waals surface area contributed by atoms with E-state index in [2.05, 4.69) is 0 Å². The van der Waals surface area contributed by atoms with Gasteiger partial charge in [0.25, 0.3) is 5.91 Å². The third kappa shape index (κ3) is 4.66. The van der Waals surface area contributed by atoms with Gasteiger partial charge in [0.1, 0.15) is 5.82 Å². The smallest absolute Gasteiger partial charge is 0.253 e. The first kappa shape index (κ1) is 19.4. The zero-order chi connectivity index (χ0) is 19.4. The van der Waals surface area contributed by atoms with Crippen molar-refractivity contribution >= 4 is 23.4 Å². The minimum Gasteiger partial charge on any atom is -0.341 e. The Morgan fingerprint density at radius 2 is 1.89 bits per heavy atom. The summed E-state index contributed by atoms with van der Waals surface area (Å²) in [6.45, 7) is 1.41. The molecule has 0 radical (unpaired) electrons. The summed E-state index contributed by atoms with van der Waals surface area (Å²) in [6, 6.07) is 13.0. The lowest BCUT2D eigenvalue weighted by Crippen LogP contribution is -2.45. The van der Waals surface area contributed by atoms with Crippen molar-refractivity contribution in [2.45, 2.75) is 19.4 Å². The van der Waals surface area contributed by atoms with Crippen molar-refractivity contribution < 1.29 is 14.0 Å². The van der Waals surface area contributed by atoms with Crippen LogP contribution in [0.25, 0.3) is 0 Å². The van der Waals surface area contributed by atoms with E-state index in [1.54, 1.807) is 22.9 Å². The Kier molecular flexibility index (Phi) is 6.11. The second-order valence-electron chi connectivity index (χ2n) is 6.88. The molecule has 0 N–H and O–H groups in total. The molecule has 2 aromatic carbocycles. The van der Waals surface area contributed by atoms with Crippen LogP contribution in [0.2, 0.25) is 5.02 Å². The number of amides is 2. The Morgan fingerprint density at radius 1 is 1.19 bits per heavy atom. The molecule has 2 amide bonds. The van der Waals surface area contributed by atoms with Gasteiger partial charge in [0.15, 0.2) is 0 Å². The van der Waals surface area contributed by atoms with Gasteiger partial charge in [0, 0.05) is 37.3 Å². The maximum atomic E-state index is 13.1. The normalized spacial score (nSPS) is 16.9. The Labute approximate surface area is 163 Å². The molecule has 142 valence electrons. The number of nitrogens with zero attached hydrogens (tertiary/aromatic N) is 2. The molecule has 0 bridgehead atoms. The van der Waals surface area contributed by atoms with Crippen molar-refractivity contribution in [3.05, 3.63) is 70.5 Å². The fraction of sp³-hybridized carbons (Fsp3) is 0.333. The van der Waals surface area contributed by atoms with Gasteiger partial charge in [-0.1, -0.05) is 29.8 Å². The predicted octanol–water partition coefficient (Wildman–Crippen LogP) is 3.99. The summed E-state index contributed by atoms with van der Waals surface area (Å²) < 4.78 is 13.1. The minimum atomic E-state index is -0.376. The van der Waals surface area contributed by atoms with E-state index in [4.69, 9.17) is 11.6 Å². The van der Waals surface area contributed by atoms with Crippen LogP contribution in [-0.4, -0.2) is 41.8 Å². The molecule has 1 unspecified atom stereocenters. The van der Waals surface area contributed by atoms with E-state index in [1.807, 2.05) is 18.2 Å². The molecule has 0 spiro atoms. The number of benzene rings is 2. The standard InChI is InChI=1S/C21H22ClFN2O2/c1-24(13-16-5-2-3-7-19(16)22)20(26)17-6-4-12-25(14-17)21(27)15-8-10-18(23)11-9-15/h2-3,5,7-11,17H,4,6,12-14H2,1H3. The summed E-state index contributed by atoms with van der Waals surface area (Å²) in [5.41, 5.74) is 1.33. The third-order valence-electron chi connectivity index (χ3n) is 4.89. The molecule has 1 atom stereocenters. The quantitative estimate of drug-likeness (QED) is 0.794. The van der Waals surface area contributed by atoms with E-state index < -0.39 is 0 Å². The maximum Gasteiger partial charge on any atom is 0.253 e. The van der Waals surface area contributed by atoms with Crippen molar-refractivity contribution in [2.75, 3.05) is 20.1 Å².